The number of benzene rings is 1. The molecule has 1 aromatic carbocycles. The quantitative estimate of drug-likeness (QED) is 0.810. The summed E-state index contributed by atoms with van der Waals surface area (Å²) < 4.78 is 19.8. The smallest absolute Gasteiger partial charge is 0.219 e. The van der Waals surface area contributed by atoms with Crippen LogP contribution in [-0.4, -0.2) is 42.3 Å². The summed E-state index contributed by atoms with van der Waals surface area (Å²) >= 11 is 0. The van der Waals surface area contributed by atoms with Gasteiger partial charge in [0.2, 0.25) is 5.91 Å². The Balaban J connectivity index is 2.11. The van der Waals surface area contributed by atoms with Gasteiger partial charge in [-0.25, -0.2) is 4.39 Å². The summed E-state index contributed by atoms with van der Waals surface area (Å²) in [4.78, 5) is 25.0. The van der Waals surface area contributed by atoms with Gasteiger partial charge in [-0.3, -0.25) is 9.59 Å². The molecule has 1 amide bonds. The Morgan fingerprint density at radius 3 is 2.50 bits per heavy atom. The maximum atomic E-state index is 14.4. The van der Waals surface area contributed by atoms with E-state index in [2.05, 4.69) is 5.32 Å². The van der Waals surface area contributed by atoms with Gasteiger partial charge in [-0.2, -0.15) is 0 Å². The van der Waals surface area contributed by atoms with Crippen LogP contribution in [0.1, 0.15) is 50.4 Å². The molecule has 1 aliphatic rings. The number of rotatable bonds is 6. The molecule has 0 spiro atoms. The van der Waals surface area contributed by atoms with Crippen molar-refractivity contribution < 1.29 is 18.7 Å². The number of anilines is 1. The Morgan fingerprint density at radius 1 is 1.29 bits per heavy atom. The first-order chi connectivity index (χ1) is 11.4. The van der Waals surface area contributed by atoms with Crippen LogP contribution in [-0.2, 0) is 4.79 Å². The van der Waals surface area contributed by atoms with Crippen molar-refractivity contribution in [2.75, 3.05) is 25.0 Å². The Hall–Kier alpha value is -2.11. The van der Waals surface area contributed by atoms with Crippen LogP contribution < -0.4 is 10.1 Å². The molecular weight excluding hydrogens is 311 g/mol. The largest absolute Gasteiger partial charge is 0.493 e. The Labute approximate surface area is 142 Å². The third kappa shape index (κ3) is 4.46. The number of nitrogens with one attached hydrogen (secondary N) is 1. The molecular formula is C18H25FN2O3. The van der Waals surface area contributed by atoms with Gasteiger partial charge in [-0.05, 0) is 32.3 Å². The number of carbonyl (C=O) groups is 2. The zero-order valence-corrected chi connectivity index (χ0v) is 14.5. The normalized spacial score (nSPS) is 15.2. The van der Waals surface area contributed by atoms with Crippen LogP contribution in [0.4, 0.5) is 10.1 Å². The second-order valence-corrected chi connectivity index (χ2v) is 6.16. The zero-order valence-electron chi connectivity index (χ0n) is 14.5. The Bertz CT molecular complexity index is 611. The van der Waals surface area contributed by atoms with Gasteiger partial charge in [-0.1, -0.05) is 6.92 Å². The van der Waals surface area contributed by atoms with Gasteiger partial charge in [-0.15, -0.1) is 0 Å². The highest BCUT2D eigenvalue weighted by atomic mass is 19.1. The predicted octanol–water partition coefficient (Wildman–Crippen LogP) is 3.24. The van der Waals surface area contributed by atoms with Crippen molar-refractivity contribution in [1.29, 1.82) is 0 Å². The Morgan fingerprint density at radius 2 is 1.96 bits per heavy atom. The lowest BCUT2D eigenvalue weighted by Gasteiger charge is -2.32. The van der Waals surface area contributed by atoms with Crippen LogP contribution >= 0.6 is 0 Å². The summed E-state index contributed by atoms with van der Waals surface area (Å²) in [5, 5.41) is 3.17. The van der Waals surface area contributed by atoms with Crippen LogP contribution in [0.5, 0.6) is 5.75 Å². The first-order valence-electron chi connectivity index (χ1n) is 8.41. The molecule has 0 unspecified atom stereocenters. The molecule has 6 heteroatoms. The van der Waals surface area contributed by atoms with Crippen molar-refractivity contribution in [1.82, 2.24) is 4.90 Å². The highest BCUT2D eigenvalue weighted by Gasteiger charge is 2.22. The summed E-state index contributed by atoms with van der Waals surface area (Å²) in [6, 6.07) is 2.89. The van der Waals surface area contributed by atoms with Crippen molar-refractivity contribution >= 4 is 17.4 Å². The fourth-order valence-corrected chi connectivity index (χ4v) is 2.83. The predicted molar refractivity (Wildman–Crippen MR) is 91.1 cm³/mol. The van der Waals surface area contributed by atoms with E-state index in [4.69, 9.17) is 4.74 Å². The topological polar surface area (TPSA) is 58.6 Å². The number of hydrogen-bond donors (Lipinski definition) is 1. The van der Waals surface area contributed by atoms with E-state index in [0.717, 1.165) is 19.3 Å². The van der Waals surface area contributed by atoms with E-state index in [9.17, 15) is 14.0 Å². The molecule has 0 saturated carbocycles. The average molecular weight is 336 g/mol. The number of amides is 1. The second kappa shape index (κ2) is 8.13. The molecule has 1 aromatic rings. The van der Waals surface area contributed by atoms with Crippen molar-refractivity contribution in [3.63, 3.8) is 0 Å². The van der Waals surface area contributed by atoms with Gasteiger partial charge in [0, 0.05) is 32.1 Å². The summed E-state index contributed by atoms with van der Waals surface area (Å²) in [5.41, 5.74) is 0.693. The van der Waals surface area contributed by atoms with Crippen LogP contribution in [0.25, 0.3) is 0 Å². The van der Waals surface area contributed by atoms with Crippen LogP contribution in [0.3, 0.4) is 0 Å². The molecule has 1 heterocycles. The number of piperidine rings is 1. The molecule has 132 valence electrons. The molecule has 0 bridgehead atoms. The molecule has 1 N–H and O–H groups in total. The van der Waals surface area contributed by atoms with Gasteiger partial charge in [0.15, 0.2) is 5.78 Å². The number of carbonyl (C=O) groups excluding carboxylic acids is 2. The standard InChI is InChI=1S/C18H25FN2O3/c1-4-9-24-18-11-16(19)17(10-15(18)12(2)22)20-14-5-7-21(8-6-14)13(3)23/h10-11,14,20H,4-9H2,1-3H3. The molecule has 2 rings (SSSR count). The fourth-order valence-electron chi connectivity index (χ4n) is 2.83. The zero-order chi connectivity index (χ0) is 17.7. The number of hydrogen-bond acceptors (Lipinski definition) is 4. The lowest BCUT2D eigenvalue weighted by molar-refractivity contribution is -0.129. The van der Waals surface area contributed by atoms with Gasteiger partial charge in [0.25, 0.3) is 0 Å². The molecule has 0 atom stereocenters. The average Bonchev–Trinajstić information content (AvgIpc) is 2.55. The fraction of sp³-hybridized carbons (Fsp3) is 0.556. The van der Waals surface area contributed by atoms with Gasteiger partial charge in [0.05, 0.1) is 17.9 Å². The van der Waals surface area contributed by atoms with Crippen molar-refractivity contribution in [3.8, 4) is 5.75 Å². The molecule has 1 saturated heterocycles. The molecule has 1 aliphatic heterocycles. The Kier molecular flexibility index (Phi) is 6.17. The van der Waals surface area contributed by atoms with E-state index < -0.39 is 5.82 Å². The lowest BCUT2D eigenvalue weighted by Crippen LogP contribution is -2.41. The van der Waals surface area contributed by atoms with Crippen LogP contribution in [0, 0.1) is 5.82 Å². The third-order valence-corrected chi connectivity index (χ3v) is 4.21. The van der Waals surface area contributed by atoms with Crippen molar-refractivity contribution in [3.05, 3.63) is 23.5 Å². The van der Waals surface area contributed by atoms with E-state index in [1.54, 1.807) is 11.8 Å². The minimum atomic E-state index is -0.430. The molecule has 1 fully saturated rings. The number of Topliss-reactive ketones (excluding diaryl/α,β-unsaturated/α-hetero) is 1. The highest BCUT2D eigenvalue weighted by molar-refractivity contribution is 5.97. The van der Waals surface area contributed by atoms with Crippen molar-refractivity contribution in [2.45, 2.75) is 46.1 Å². The number of ether oxygens (including phenoxy) is 1. The van der Waals surface area contributed by atoms with Crippen LogP contribution in [0.15, 0.2) is 12.1 Å². The molecule has 0 aromatic heterocycles. The van der Waals surface area contributed by atoms with E-state index in [-0.39, 0.29) is 17.7 Å². The number of likely N-dealkylation sites (tertiary alicyclic amines) is 1. The van der Waals surface area contributed by atoms with E-state index in [0.29, 0.717) is 36.7 Å². The number of nitrogens with zero attached hydrogens (tertiary/aromatic N) is 1. The number of halogens is 1. The maximum Gasteiger partial charge on any atom is 0.219 e. The van der Waals surface area contributed by atoms with Crippen molar-refractivity contribution in [2.24, 2.45) is 0 Å². The molecule has 24 heavy (non-hydrogen) atoms. The highest BCUT2D eigenvalue weighted by Crippen LogP contribution is 2.28. The molecule has 5 nitrogen and oxygen atoms in total. The SMILES string of the molecule is CCCOc1cc(F)c(NC2CCN(C(C)=O)CC2)cc1C(C)=O. The first-order valence-corrected chi connectivity index (χ1v) is 8.41. The maximum absolute atomic E-state index is 14.4. The van der Waals surface area contributed by atoms with Gasteiger partial charge < -0.3 is 15.0 Å². The summed E-state index contributed by atoms with van der Waals surface area (Å²) in [6.07, 6.45) is 2.29. The van der Waals surface area contributed by atoms with E-state index >= 15 is 0 Å². The minimum absolute atomic E-state index is 0.0657. The lowest BCUT2D eigenvalue weighted by atomic mass is 10.0. The summed E-state index contributed by atoms with van der Waals surface area (Å²) in [5.74, 6) is -0.231. The molecule has 0 radical (unpaired) electrons. The molecule has 0 aliphatic carbocycles. The van der Waals surface area contributed by atoms with Gasteiger partial charge >= 0.3 is 0 Å². The minimum Gasteiger partial charge on any atom is -0.493 e. The third-order valence-electron chi connectivity index (χ3n) is 4.21. The second-order valence-electron chi connectivity index (χ2n) is 6.16. The summed E-state index contributed by atoms with van der Waals surface area (Å²) in [7, 11) is 0. The van der Waals surface area contributed by atoms with E-state index in [1.807, 2.05) is 6.92 Å². The summed E-state index contributed by atoms with van der Waals surface area (Å²) in [6.45, 7) is 6.71. The number of ketones is 1. The van der Waals surface area contributed by atoms with Gasteiger partial charge in [0.1, 0.15) is 11.6 Å². The van der Waals surface area contributed by atoms with Crippen LogP contribution in [0.2, 0.25) is 0 Å². The first kappa shape index (κ1) is 18.2. The van der Waals surface area contributed by atoms with E-state index in [1.165, 1.54) is 19.1 Å². The monoisotopic (exact) mass is 336 g/mol.